The smallest absolute Gasteiger partial charge is 0.325 e. The number of ether oxygens (including phenoxy) is 1. The van der Waals surface area contributed by atoms with E-state index in [9.17, 15) is 14.7 Å². The third-order valence-corrected chi connectivity index (χ3v) is 4.44. The molecule has 138 valence electrons. The number of aliphatic carboxylic acids is 1. The van der Waals surface area contributed by atoms with Crippen LogP contribution in [0.3, 0.4) is 0 Å². The molecule has 6 nitrogen and oxygen atoms in total. The van der Waals surface area contributed by atoms with Crippen molar-refractivity contribution in [3.8, 4) is 5.75 Å². The Bertz CT molecular complexity index is 636. The highest BCUT2D eigenvalue weighted by molar-refractivity contribution is 6.30. The van der Waals surface area contributed by atoms with Gasteiger partial charge in [-0.15, -0.1) is 0 Å². The predicted molar refractivity (Wildman–Crippen MR) is 96.0 cm³/mol. The largest absolute Gasteiger partial charge is 0.491 e. The number of hydrogen-bond acceptors (Lipinski definition) is 4. The average Bonchev–Trinajstić information content (AvgIpc) is 2.75. The summed E-state index contributed by atoms with van der Waals surface area (Å²) >= 11 is 6.12. The van der Waals surface area contributed by atoms with Crippen LogP contribution in [0.2, 0.25) is 5.02 Å². The standard InChI is InChI=1S/C18H25ClN2O4/c1-12(2)25-16-6-5-14(19)11-15(16)17(18(23)24)21-8-4-7-20(9-10-21)13(3)22/h5-6,11-12,17H,4,7-10H2,1-3H3,(H,23,24)/t17-/m0/s1. The lowest BCUT2D eigenvalue weighted by Gasteiger charge is -2.29. The molecular formula is C18H25ClN2O4. The zero-order chi connectivity index (χ0) is 18.6. The minimum Gasteiger partial charge on any atom is -0.491 e. The second-order valence-electron chi connectivity index (χ2n) is 6.49. The van der Waals surface area contributed by atoms with Gasteiger partial charge in [-0.3, -0.25) is 14.5 Å². The number of rotatable bonds is 5. The number of carbonyl (C=O) groups excluding carboxylic acids is 1. The number of halogens is 1. The van der Waals surface area contributed by atoms with Gasteiger partial charge >= 0.3 is 5.97 Å². The SMILES string of the molecule is CC(=O)N1CCCN([C@H](C(=O)O)c2cc(Cl)ccc2OC(C)C)CC1. The van der Waals surface area contributed by atoms with Crippen LogP contribution in [0.15, 0.2) is 18.2 Å². The number of carboxylic acids is 1. The van der Waals surface area contributed by atoms with E-state index in [0.29, 0.717) is 42.5 Å². The van der Waals surface area contributed by atoms with E-state index in [0.717, 1.165) is 6.42 Å². The Morgan fingerprint density at radius 3 is 2.52 bits per heavy atom. The second-order valence-corrected chi connectivity index (χ2v) is 6.92. The van der Waals surface area contributed by atoms with Crippen LogP contribution in [0.5, 0.6) is 5.75 Å². The van der Waals surface area contributed by atoms with Gasteiger partial charge in [-0.25, -0.2) is 0 Å². The van der Waals surface area contributed by atoms with Crippen molar-refractivity contribution in [3.05, 3.63) is 28.8 Å². The molecule has 1 atom stereocenters. The van der Waals surface area contributed by atoms with E-state index in [-0.39, 0.29) is 12.0 Å². The molecule has 1 aliphatic heterocycles. The molecule has 0 unspecified atom stereocenters. The summed E-state index contributed by atoms with van der Waals surface area (Å²) < 4.78 is 5.80. The van der Waals surface area contributed by atoms with Crippen molar-refractivity contribution in [3.63, 3.8) is 0 Å². The Morgan fingerprint density at radius 1 is 1.20 bits per heavy atom. The third-order valence-electron chi connectivity index (χ3n) is 4.20. The maximum absolute atomic E-state index is 12.1. The molecular weight excluding hydrogens is 344 g/mol. The van der Waals surface area contributed by atoms with E-state index >= 15 is 0 Å². The first-order valence-electron chi connectivity index (χ1n) is 8.48. The number of nitrogens with zero attached hydrogens (tertiary/aromatic N) is 2. The van der Waals surface area contributed by atoms with Gasteiger partial charge in [-0.2, -0.15) is 0 Å². The zero-order valence-electron chi connectivity index (χ0n) is 14.9. The Kier molecular flexibility index (Phi) is 6.67. The van der Waals surface area contributed by atoms with Gasteiger partial charge in [0.15, 0.2) is 0 Å². The molecule has 1 saturated heterocycles. The normalized spacial score (nSPS) is 17.2. The van der Waals surface area contributed by atoms with Gasteiger partial charge in [-0.05, 0) is 38.5 Å². The topological polar surface area (TPSA) is 70.1 Å². The second kappa shape index (κ2) is 8.54. The van der Waals surface area contributed by atoms with E-state index < -0.39 is 12.0 Å². The van der Waals surface area contributed by atoms with Crippen LogP contribution in [0.4, 0.5) is 0 Å². The average molecular weight is 369 g/mol. The lowest BCUT2D eigenvalue weighted by atomic mass is 10.0. The molecule has 1 heterocycles. The fraction of sp³-hybridized carbons (Fsp3) is 0.556. The molecule has 2 rings (SSSR count). The fourth-order valence-electron chi connectivity index (χ4n) is 3.09. The molecule has 0 aromatic heterocycles. The number of hydrogen-bond donors (Lipinski definition) is 1. The molecule has 0 saturated carbocycles. The molecule has 1 amide bonds. The van der Waals surface area contributed by atoms with Gasteiger partial charge in [0, 0.05) is 43.7 Å². The van der Waals surface area contributed by atoms with Crippen LogP contribution < -0.4 is 4.74 Å². The van der Waals surface area contributed by atoms with E-state index in [1.807, 2.05) is 18.7 Å². The lowest BCUT2D eigenvalue weighted by molar-refractivity contribution is -0.143. The third kappa shape index (κ3) is 5.09. The number of carboxylic acid groups (broad SMARTS) is 1. The van der Waals surface area contributed by atoms with Crippen LogP contribution in [0, 0.1) is 0 Å². The molecule has 25 heavy (non-hydrogen) atoms. The minimum absolute atomic E-state index is 0.0142. The first-order valence-corrected chi connectivity index (χ1v) is 8.86. The lowest BCUT2D eigenvalue weighted by Crippen LogP contribution is -2.38. The zero-order valence-corrected chi connectivity index (χ0v) is 15.6. The summed E-state index contributed by atoms with van der Waals surface area (Å²) in [7, 11) is 0. The summed E-state index contributed by atoms with van der Waals surface area (Å²) in [5.74, 6) is -0.410. The van der Waals surface area contributed by atoms with E-state index in [4.69, 9.17) is 16.3 Å². The first-order chi connectivity index (χ1) is 11.8. The van der Waals surface area contributed by atoms with Crippen LogP contribution in [0.1, 0.15) is 38.8 Å². The summed E-state index contributed by atoms with van der Waals surface area (Å²) in [4.78, 5) is 27.3. The Labute approximate surface area is 153 Å². The quantitative estimate of drug-likeness (QED) is 0.865. The van der Waals surface area contributed by atoms with Gasteiger partial charge < -0.3 is 14.7 Å². The first kappa shape index (κ1) is 19.5. The van der Waals surface area contributed by atoms with Crippen molar-refractivity contribution < 1.29 is 19.4 Å². The Balaban J connectivity index is 2.33. The summed E-state index contributed by atoms with van der Waals surface area (Å²) in [5, 5.41) is 10.3. The minimum atomic E-state index is -0.952. The maximum Gasteiger partial charge on any atom is 0.325 e. The molecule has 1 N–H and O–H groups in total. The van der Waals surface area contributed by atoms with Crippen molar-refractivity contribution in [2.75, 3.05) is 26.2 Å². The van der Waals surface area contributed by atoms with Crippen LogP contribution >= 0.6 is 11.6 Å². The molecule has 1 aromatic rings. The highest BCUT2D eigenvalue weighted by atomic mass is 35.5. The van der Waals surface area contributed by atoms with Crippen LogP contribution in [-0.2, 0) is 9.59 Å². The van der Waals surface area contributed by atoms with Gasteiger partial charge in [0.25, 0.3) is 0 Å². The van der Waals surface area contributed by atoms with Crippen molar-refractivity contribution in [2.45, 2.75) is 39.3 Å². The van der Waals surface area contributed by atoms with Crippen molar-refractivity contribution in [1.82, 2.24) is 9.80 Å². The van der Waals surface area contributed by atoms with Crippen molar-refractivity contribution in [2.24, 2.45) is 0 Å². The molecule has 0 bridgehead atoms. The summed E-state index contributed by atoms with van der Waals surface area (Å²) in [6.07, 6.45) is 0.649. The van der Waals surface area contributed by atoms with E-state index in [1.165, 1.54) is 6.92 Å². The summed E-state index contributed by atoms with van der Waals surface area (Å²) in [5.41, 5.74) is 0.546. The monoisotopic (exact) mass is 368 g/mol. The highest BCUT2D eigenvalue weighted by Crippen LogP contribution is 2.33. The molecule has 0 aliphatic carbocycles. The highest BCUT2D eigenvalue weighted by Gasteiger charge is 2.32. The summed E-state index contributed by atoms with van der Waals surface area (Å²) in [6, 6.07) is 4.21. The Hall–Kier alpha value is -1.79. The van der Waals surface area contributed by atoms with E-state index in [2.05, 4.69) is 0 Å². The number of benzene rings is 1. The van der Waals surface area contributed by atoms with Gasteiger partial charge in [0.1, 0.15) is 11.8 Å². The van der Waals surface area contributed by atoms with Gasteiger partial charge in [0.05, 0.1) is 6.10 Å². The van der Waals surface area contributed by atoms with E-state index in [1.54, 1.807) is 23.1 Å². The predicted octanol–water partition coefficient (Wildman–Crippen LogP) is 2.81. The van der Waals surface area contributed by atoms with Crippen molar-refractivity contribution >= 4 is 23.5 Å². The summed E-state index contributed by atoms with van der Waals surface area (Å²) in [6.45, 7) is 7.56. The van der Waals surface area contributed by atoms with Gasteiger partial charge in [-0.1, -0.05) is 11.6 Å². The van der Waals surface area contributed by atoms with Crippen molar-refractivity contribution in [1.29, 1.82) is 0 Å². The van der Waals surface area contributed by atoms with Gasteiger partial charge in [0.2, 0.25) is 5.91 Å². The van der Waals surface area contributed by atoms with Crippen LogP contribution in [-0.4, -0.2) is 59.1 Å². The molecule has 0 spiro atoms. The molecule has 1 aliphatic rings. The maximum atomic E-state index is 12.1. The fourth-order valence-corrected chi connectivity index (χ4v) is 3.27. The number of carbonyl (C=O) groups is 2. The number of amides is 1. The molecule has 1 aromatic carbocycles. The molecule has 0 radical (unpaired) electrons. The molecule has 7 heteroatoms. The Morgan fingerprint density at radius 2 is 1.92 bits per heavy atom. The van der Waals surface area contributed by atoms with Crippen LogP contribution in [0.25, 0.3) is 0 Å². The molecule has 1 fully saturated rings.